The van der Waals surface area contributed by atoms with E-state index in [2.05, 4.69) is 0 Å². The van der Waals surface area contributed by atoms with Crippen molar-refractivity contribution in [3.63, 3.8) is 0 Å². The first-order chi connectivity index (χ1) is 9.96. The zero-order valence-electron chi connectivity index (χ0n) is 11.8. The van der Waals surface area contributed by atoms with Crippen LogP contribution >= 0.6 is 0 Å². The third-order valence-corrected chi connectivity index (χ3v) is 4.05. The third kappa shape index (κ3) is 3.52. The largest absolute Gasteiger partial charge is 0.462 e. The SMILES string of the molecule is CCOC(=O)c1cc2ccccc2cc1OS(=O)(=O)CC. The fourth-order valence-electron chi connectivity index (χ4n) is 1.85. The summed E-state index contributed by atoms with van der Waals surface area (Å²) in [5, 5.41) is 1.59. The second-order valence-electron chi connectivity index (χ2n) is 4.35. The number of rotatable bonds is 5. The Hall–Kier alpha value is -2.08. The molecule has 6 heteroatoms. The van der Waals surface area contributed by atoms with E-state index in [9.17, 15) is 13.2 Å². The van der Waals surface area contributed by atoms with E-state index in [1.54, 1.807) is 13.0 Å². The van der Waals surface area contributed by atoms with E-state index in [0.717, 1.165) is 10.8 Å². The van der Waals surface area contributed by atoms with E-state index in [0.29, 0.717) is 0 Å². The molecule has 21 heavy (non-hydrogen) atoms. The zero-order valence-corrected chi connectivity index (χ0v) is 12.6. The maximum absolute atomic E-state index is 12.0. The number of esters is 1. The van der Waals surface area contributed by atoms with Gasteiger partial charge in [0.2, 0.25) is 0 Å². The summed E-state index contributed by atoms with van der Waals surface area (Å²) >= 11 is 0. The average molecular weight is 308 g/mol. The second-order valence-corrected chi connectivity index (χ2v) is 6.21. The zero-order chi connectivity index (χ0) is 15.5. The molecule has 0 aliphatic heterocycles. The molecular weight excluding hydrogens is 292 g/mol. The van der Waals surface area contributed by atoms with Crippen molar-refractivity contribution in [2.45, 2.75) is 13.8 Å². The van der Waals surface area contributed by atoms with Gasteiger partial charge in [0, 0.05) is 0 Å². The van der Waals surface area contributed by atoms with Crippen molar-refractivity contribution in [1.29, 1.82) is 0 Å². The molecule has 0 radical (unpaired) electrons. The first-order valence-corrected chi connectivity index (χ1v) is 8.16. The van der Waals surface area contributed by atoms with Crippen LogP contribution in [-0.4, -0.2) is 26.7 Å². The van der Waals surface area contributed by atoms with Crippen molar-refractivity contribution in [1.82, 2.24) is 0 Å². The lowest BCUT2D eigenvalue weighted by Crippen LogP contribution is -2.15. The molecular formula is C15H16O5S. The summed E-state index contributed by atoms with van der Waals surface area (Å²) in [5.41, 5.74) is 0.104. The molecule has 2 aromatic carbocycles. The van der Waals surface area contributed by atoms with Gasteiger partial charge >= 0.3 is 16.1 Å². The molecule has 0 unspecified atom stereocenters. The summed E-state index contributed by atoms with van der Waals surface area (Å²) in [6.45, 7) is 3.36. The van der Waals surface area contributed by atoms with Crippen LogP contribution in [0.3, 0.4) is 0 Å². The molecule has 0 saturated carbocycles. The number of hydrogen-bond acceptors (Lipinski definition) is 5. The van der Waals surface area contributed by atoms with Crippen LogP contribution in [0.15, 0.2) is 36.4 Å². The Labute approximate surface area is 123 Å². The van der Waals surface area contributed by atoms with Gasteiger partial charge in [0.25, 0.3) is 0 Å². The van der Waals surface area contributed by atoms with Crippen molar-refractivity contribution >= 4 is 26.9 Å². The normalized spacial score (nSPS) is 11.3. The fourth-order valence-corrected chi connectivity index (χ4v) is 2.38. The Bertz CT molecular complexity index is 765. The molecule has 0 atom stereocenters. The van der Waals surface area contributed by atoms with E-state index in [4.69, 9.17) is 8.92 Å². The van der Waals surface area contributed by atoms with Gasteiger partial charge < -0.3 is 8.92 Å². The lowest BCUT2D eigenvalue weighted by Gasteiger charge is -2.11. The lowest BCUT2D eigenvalue weighted by molar-refractivity contribution is 0.0524. The first-order valence-electron chi connectivity index (χ1n) is 6.59. The fraction of sp³-hybridized carbons (Fsp3) is 0.267. The van der Waals surface area contributed by atoms with Crippen molar-refractivity contribution < 1.29 is 22.1 Å². The molecule has 0 spiro atoms. The molecule has 0 fully saturated rings. The molecule has 2 rings (SSSR count). The van der Waals surface area contributed by atoms with Gasteiger partial charge in [0.1, 0.15) is 5.56 Å². The number of carbonyl (C=O) groups excluding carboxylic acids is 1. The topological polar surface area (TPSA) is 69.7 Å². The monoisotopic (exact) mass is 308 g/mol. The first kappa shape index (κ1) is 15.3. The van der Waals surface area contributed by atoms with Crippen LogP contribution < -0.4 is 4.18 Å². The molecule has 112 valence electrons. The number of ether oxygens (including phenoxy) is 1. The molecule has 0 amide bonds. The Morgan fingerprint density at radius 2 is 1.71 bits per heavy atom. The quantitative estimate of drug-likeness (QED) is 0.627. The molecule has 2 aromatic rings. The van der Waals surface area contributed by atoms with Crippen LogP contribution in [-0.2, 0) is 14.9 Å². The summed E-state index contributed by atoms with van der Waals surface area (Å²) in [4.78, 5) is 12.0. The summed E-state index contributed by atoms with van der Waals surface area (Å²) in [7, 11) is -3.72. The van der Waals surface area contributed by atoms with Crippen LogP contribution in [0.1, 0.15) is 24.2 Å². The van der Waals surface area contributed by atoms with Gasteiger partial charge in [-0.2, -0.15) is 8.42 Å². The minimum Gasteiger partial charge on any atom is -0.462 e. The van der Waals surface area contributed by atoms with Gasteiger partial charge in [-0.05, 0) is 36.8 Å². The van der Waals surface area contributed by atoms with Gasteiger partial charge in [0.15, 0.2) is 5.75 Å². The van der Waals surface area contributed by atoms with Crippen molar-refractivity contribution in [2.75, 3.05) is 12.4 Å². The van der Waals surface area contributed by atoms with Crippen molar-refractivity contribution in [3.05, 3.63) is 42.0 Å². The maximum atomic E-state index is 12.0. The smallest absolute Gasteiger partial charge is 0.341 e. The van der Waals surface area contributed by atoms with Crippen molar-refractivity contribution in [3.8, 4) is 5.75 Å². The van der Waals surface area contributed by atoms with Gasteiger partial charge in [0.05, 0.1) is 12.4 Å². The molecule has 0 aliphatic carbocycles. The highest BCUT2D eigenvalue weighted by Crippen LogP contribution is 2.28. The number of hydrogen-bond donors (Lipinski definition) is 0. The molecule has 0 aromatic heterocycles. The van der Waals surface area contributed by atoms with Crippen LogP contribution in [0.25, 0.3) is 10.8 Å². The predicted molar refractivity (Wildman–Crippen MR) is 80.0 cm³/mol. The Morgan fingerprint density at radius 3 is 2.29 bits per heavy atom. The molecule has 0 bridgehead atoms. The van der Waals surface area contributed by atoms with Crippen LogP contribution in [0.4, 0.5) is 0 Å². The third-order valence-electron chi connectivity index (χ3n) is 2.91. The minimum absolute atomic E-state index is 0.00556. The van der Waals surface area contributed by atoms with Gasteiger partial charge in [-0.3, -0.25) is 0 Å². The Balaban J connectivity index is 2.58. The number of carbonyl (C=O) groups is 1. The molecule has 0 aliphatic rings. The van der Waals surface area contributed by atoms with Crippen LogP contribution in [0, 0.1) is 0 Å². The number of benzene rings is 2. The summed E-state index contributed by atoms with van der Waals surface area (Å²) in [5.74, 6) is -0.791. The Morgan fingerprint density at radius 1 is 1.10 bits per heavy atom. The van der Waals surface area contributed by atoms with E-state index in [1.807, 2.05) is 24.3 Å². The molecule has 0 saturated heterocycles. The standard InChI is InChI=1S/C15H16O5S/c1-3-19-15(16)13-9-11-7-5-6-8-12(11)10-14(13)20-21(17,18)4-2/h5-10H,3-4H2,1-2H3. The van der Waals surface area contributed by atoms with Gasteiger partial charge in [-0.15, -0.1) is 0 Å². The average Bonchev–Trinajstić information content (AvgIpc) is 2.46. The molecule has 5 nitrogen and oxygen atoms in total. The van der Waals surface area contributed by atoms with Crippen LogP contribution in [0.5, 0.6) is 5.75 Å². The number of fused-ring (bicyclic) bond motifs is 1. The van der Waals surface area contributed by atoms with Crippen LogP contribution in [0.2, 0.25) is 0 Å². The highest BCUT2D eigenvalue weighted by Gasteiger charge is 2.19. The second kappa shape index (κ2) is 6.13. The predicted octanol–water partition coefficient (Wildman–Crippen LogP) is 2.75. The van der Waals surface area contributed by atoms with E-state index in [1.165, 1.54) is 13.0 Å². The summed E-state index contributed by atoms with van der Waals surface area (Å²) in [6, 6.07) is 10.4. The van der Waals surface area contributed by atoms with Crippen molar-refractivity contribution in [2.24, 2.45) is 0 Å². The summed E-state index contributed by atoms with van der Waals surface area (Å²) < 4.78 is 33.3. The highest BCUT2D eigenvalue weighted by molar-refractivity contribution is 7.87. The maximum Gasteiger partial charge on any atom is 0.341 e. The van der Waals surface area contributed by atoms with E-state index < -0.39 is 16.1 Å². The Kier molecular flexibility index (Phi) is 4.47. The lowest BCUT2D eigenvalue weighted by atomic mass is 10.1. The molecule has 0 heterocycles. The molecule has 0 N–H and O–H groups in total. The van der Waals surface area contributed by atoms with Gasteiger partial charge in [-0.1, -0.05) is 24.3 Å². The van der Waals surface area contributed by atoms with E-state index >= 15 is 0 Å². The summed E-state index contributed by atoms with van der Waals surface area (Å²) in [6.07, 6.45) is 0. The van der Waals surface area contributed by atoms with Gasteiger partial charge in [-0.25, -0.2) is 4.79 Å². The highest BCUT2D eigenvalue weighted by atomic mass is 32.2. The van der Waals surface area contributed by atoms with E-state index in [-0.39, 0.29) is 23.7 Å². The minimum atomic E-state index is -3.72.